The minimum Gasteiger partial charge on any atom is -0.512 e. The van der Waals surface area contributed by atoms with Gasteiger partial charge in [-0.15, -0.1) is 23.6 Å². The van der Waals surface area contributed by atoms with Crippen LogP contribution in [0.15, 0.2) is 60.4 Å². The van der Waals surface area contributed by atoms with E-state index in [-0.39, 0.29) is 43.5 Å². The summed E-state index contributed by atoms with van der Waals surface area (Å²) in [7, 11) is 0. The van der Waals surface area contributed by atoms with Gasteiger partial charge in [0.05, 0.1) is 16.8 Å². The number of allylic oxidation sites excluding steroid dienone is 2. The topological polar surface area (TPSA) is 88.9 Å². The first-order valence-corrected chi connectivity index (χ1v) is 14.5. The molecule has 6 nitrogen and oxygen atoms in total. The summed E-state index contributed by atoms with van der Waals surface area (Å²) in [6.45, 7) is 10.0. The quantitative estimate of drug-likeness (QED) is 0.0747. The van der Waals surface area contributed by atoms with Crippen LogP contribution in [0, 0.1) is 24.8 Å². The number of hydrogen-bond donors (Lipinski definition) is 1. The van der Waals surface area contributed by atoms with E-state index in [4.69, 9.17) is 4.98 Å². The molecule has 0 bridgehead atoms. The van der Waals surface area contributed by atoms with E-state index in [1.165, 1.54) is 10.8 Å². The Balaban J connectivity index is 0.000000243. The van der Waals surface area contributed by atoms with Crippen LogP contribution in [0.1, 0.15) is 59.1 Å². The molecule has 0 fully saturated rings. The van der Waals surface area contributed by atoms with Crippen molar-refractivity contribution in [1.82, 2.24) is 19.9 Å². The molecule has 0 spiro atoms. The summed E-state index contributed by atoms with van der Waals surface area (Å²) in [5.74, 6) is 0.547. The van der Waals surface area contributed by atoms with Crippen LogP contribution >= 0.6 is 11.3 Å². The Morgan fingerprint density at radius 2 is 1.40 bits per heavy atom. The summed E-state index contributed by atoms with van der Waals surface area (Å²) >= 11 is 1.67. The maximum absolute atomic E-state index is 11.7. The van der Waals surface area contributed by atoms with Crippen LogP contribution in [-0.2, 0) is 24.9 Å². The van der Waals surface area contributed by atoms with E-state index in [1.807, 2.05) is 71.0 Å². The number of aliphatic hydroxyl groups excluding tert-OH is 1. The van der Waals surface area contributed by atoms with Crippen molar-refractivity contribution in [3.05, 3.63) is 72.1 Å². The molecule has 0 aliphatic rings. The molecule has 0 saturated heterocycles. The predicted octanol–water partition coefficient (Wildman–Crippen LogP) is 8.43. The molecule has 0 amide bonds. The third kappa shape index (κ3) is 7.17. The molecular weight excluding hydrogens is 697 g/mol. The minimum atomic E-state index is 0. The average Bonchev–Trinajstić information content (AvgIpc) is 3.37. The van der Waals surface area contributed by atoms with Crippen LogP contribution in [0.3, 0.4) is 0 Å². The third-order valence-corrected chi connectivity index (χ3v) is 8.09. The zero-order valence-electron chi connectivity index (χ0n) is 23.6. The van der Waals surface area contributed by atoms with E-state index in [1.54, 1.807) is 11.3 Å². The second-order valence-electron chi connectivity index (χ2n) is 9.57. The van der Waals surface area contributed by atoms with Gasteiger partial charge in [0.25, 0.3) is 0 Å². The zero-order valence-corrected chi connectivity index (χ0v) is 26.8. The van der Waals surface area contributed by atoms with E-state index in [0.717, 1.165) is 58.4 Å². The molecule has 3 heterocycles. The normalized spacial score (nSPS) is 11.6. The van der Waals surface area contributed by atoms with Gasteiger partial charge < -0.3 is 5.11 Å². The second-order valence-corrected chi connectivity index (χ2v) is 10.6. The molecule has 5 rings (SSSR count). The molecular formula is C32H35IrN4O2S-. The fraction of sp³-hybridized carbons (Fsp3) is 0.344. The standard InChI is InChI=1S/C19H11N4S.C13H24O2.Ir/c1-11-17(16-10-12-6-2-5-9-15(12)24-16)23-19-18(20-11)21-13-7-3-4-8-14(13)22-19;1-5-10(6-2)12(14)9-13(15)11(7-3)8-4;/h2-9H,1H3;9-11,14H,5-8H2,1-4H3;/q-1;;. The van der Waals surface area contributed by atoms with Gasteiger partial charge in [0.2, 0.25) is 0 Å². The van der Waals surface area contributed by atoms with Gasteiger partial charge in [-0.1, -0.05) is 52.0 Å². The number of fused-ring (bicyclic) bond motifs is 3. The number of aromatic nitrogens is 4. The summed E-state index contributed by atoms with van der Waals surface area (Å²) in [5.41, 5.74) is 4.48. The Labute approximate surface area is 253 Å². The summed E-state index contributed by atoms with van der Waals surface area (Å²) in [4.78, 5) is 31.2. The van der Waals surface area contributed by atoms with Gasteiger partial charge in [0.15, 0.2) is 17.1 Å². The van der Waals surface area contributed by atoms with E-state index in [9.17, 15) is 9.90 Å². The average molecular weight is 732 g/mol. The van der Waals surface area contributed by atoms with Crippen LogP contribution in [0.5, 0.6) is 0 Å². The van der Waals surface area contributed by atoms with Crippen LogP contribution in [0.25, 0.3) is 43.0 Å². The number of para-hydroxylation sites is 2. The molecule has 2 aromatic carbocycles. The van der Waals surface area contributed by atoms with Crippen molar-refractivity contribution < 1.29 is 30.0 Å². The van der Waals surface area contributed by atoms with Gasteiger partial charge in [-0.25, -0.2) is 26.3 Å². The molecule has 0 unspecified atom stereocenters. The number of aliphatic hydroxyl groups is 1. The van der Waals surface area contributed by atoms with Gasteiger partial charge in [-0.3, -0.25) is 9.78 Å². The molecule has 1 radical (unpaired) electrons. The Morgan fingerprint density at radius 1 is 0.850 bits per heavy atom. The van der Waals surface area contributed by atoms with Gasteiger partial charge in [0.1, 0.15) is 0 Å². The smallest absolute Gasteiger partial charge is 0.197 e. The summed E-state index contributed by atoms with van der Waals surface area (Å²) in [6, 6.07) is 19.4. The number of aryl methyl sites for hydroxylation is 1. The summed E-state index contributed by atoms with van der Waals surface area (Å²) < 4.78 is 1.19. The van der Waals surface area contributed by atoms with Crippen molar-refractivity contribution in [3.8, 4) is 10.6 Å². The first-order valence-electron chi connectivity index (χ1n) is 13.6. The third-order valence-electron chi connectivity index (χ3n) is 7.01. The van der Waals surface area contributed by atoms with Gasteiger partial charge in [-0.05, 0) is 54.3 Å². The van der Waals surface area contributed by atoms with E-state index < -0.39 is 0 Å². The number of nitrogens with zero attached hydrogens (tertiary/aromatic N) is 4. The number of rotatable bonds is 8. The van der Waals surface area contributed by atoms with Gasteiger partial charge in [0, 0.05) is 49.4 Å². The van der Waals surface area contributed by atoms with Crippen molar-refractivity contribution in [3.63, 3.8) is 0 Å². The Kier molecular flexibility index (Phi) is 11.4. The van der Waals surface area contributed by atoms with Gasteiger partial charge in [-0.2, -0.15) is 0 Å². The maximum Gasteiger partial charge on any atom is 0.197 e. The van der Waals surface area contributed by atoms with Crippen LogP contribution < -0.4 is 0 Å². The Hall–Kier alpha value is -3.06. The monoisotopic (exact) mass is 732 g/mol. The number of benzene rings is 2. The number of carbonyl (C=O) groups is 1. The molecule has 0 saturated carbocycles. The van der Waals surface area contributed by atoms with E-state index >= 15 is 0 Å². The molecule has 0 aliphatic carbocycles. The first kappa shape index (κ1) is 31.5. The van der Waals surface area contributed by atoms with E-state index in [2.05, 4.69) is 33.2 Å². The molecule has 3 aromatic heterocycles. The number of hydrogen-bond acceptors (Lipinski definition) is 7. The number of ketones is 1. The number of thiophene rings is 1. The molecule has 8 heteroatoms. The first-order chi connectivity index (χ1) is 18.9. The van der Waals surface area contributed by atoms with Crippen molar-refractivity contribution in [2.75, 3.05) is 0 Å². The molecule has 1 N–H and O–H groups in total. The Morgan fingerprint density at radius 3 is 1.98 bits per heavy atom. The zero-order chi connectivity index (χ0) is 27.9. The minimum absolute atomic E-state index is 0. The van der Waals surface area contributed by atoms with Crippen molar-refractivity contribution in [2.24, 2.45) is 11.8 Å². The van der Waals surface area contributed by atoms with Crippen LogP contribution in [-0.4, -0.2) is 30.8 Å². The number of carbonyl (C=O) groups excluding carboxylic acids is 1. The molecule has 0 aliphatic heterocycles. The molecule has 40 heavy (non-hydrogen) atoms. The second kappa shape index (κ2) is 14.5. The Bertz CT molecular complexity index is 1590. The van der Waals surface area contributed by atoms with Crippen molar-refractivity contribution >= 4 is 49.5 Å². The SMILES string of the molecule is CCC(CC)C(=O)C=C(O)C(CC)CC.Cc1nc2nc3ccccc3nc2nc1-c1[c-]c2ccccc2s1.[Ir]. The summed E-state index contributed by atoms with van der Waals surface area (Å²) in [6.07, 6.45) is 4.91. The van der Waals surface area contributed by atoms with Crippen molar-refractivity contribution in [2.45, 2.75) is 60.3 Å². The maximum atomic E-state index is 11.7. The van der Waals surface area contributed by atoms with E-state index in [0.29, 0.717) is 11.3 Å². The fourth-order valence-electron chi connectivity index (χ4n) is 4.55. The fourth-order valence-corrected chi connectivity index (χ4v) is 5.60. The van der Waals surface area contributed by atoms with Crippen LogP contribution in [0.4, 0.5) is 0 Å². The van der Waals surface area contributed by atoms with Crippen molar-refractivity contribution in [1.29, 1.82) is 0 Å². The molecule has 5 aromatic rings. The molecule has 0 atom stereocenters. The summed E-state index contributed by atoms with van der Waals surface area (Å²) in [5, 5.41) is 10.9. The van der Waals surface area contributed by atoms with Gasteiger partial charge >= 0.3 is 0 Å². The largest absolute Gasteiger partial charge is 0.512 e. The predicted molar refractivity (Wildman–Crippen MR) is 161 cm³/mol. The van der Waals surface area contributed by atoms with Crippen LogP contribution in [0.2, 0.25) is 0 Å². The molecule has 211 valence electrons.